The zero-order valence-corrected chi connectivity index (χ0v) is 12.0. The van der Waals surface area contributed by atoms with Crippen molar-refractivity contribution >= 4 is 23.4 Å². The molecule has 2 N–H and O–H groups in total. The molecule has 0 saturated carbocycles. The van der Waals surface area contributed by atoms with E-state index in [4.69, 9.17) is 10.2 Å². The van der Waals surface area contributed by atoms with E-state index in [-0.39, 0.29) is 6.61 Å². The summed E-state index contributed by atoms with van der Waals surface area (Å²) >= 11 is 1.59. The Kier molecular flexibility index (Phi) is 7.40. The van der Waals surface area contributed by atoms with Gasteiger partial charge in [0.1, 0.15) is 0 Å². The number of carboxylic acid groups (broad SMARTS) is 1. The van der Waals surface area contributed by atoms with E-state index in [1.54, 1.807) is 17.4 Å². The molecule has 0 aliphatic heterocycles. The number of aliphatic carboxylic acids is 1. The van der Waals surface area contributed by atoms with E-state index in [0.717, 1.165) is 36.9 Å². The summed E-state index contributed by atoms with van der Waals surface area (Å²) in [6.07, 6.45) is 5.02. The van der Waals surface area contributed by atoms with Crippen molar-refractivity contribution in [1.29, 1.82) is 0 Å². The third-order valence-corrected chi connectivity index (χ3v) is 3.73. The summed E-state index contributed by atoms with van der Waals surface area (Å²) in [7, 11) is 0. The third-order valence-electron chi connectivity index (χ3n) is 2.70. The Labute approximate surface area is 118 Å². The first-order chi connectivity index (χ1) is 9.15. The maximum absolute atomic E-state index is 10.4. The molecule has 1 heterocycles. The average Bonchev–Trinajstić information content (AvgIpc) is 2.81. The number of aliphatic hydroxyl groups is 1. The fourth-order valence-corrected chi connectivity index (χ4v) is 2.69. The summed E-state index contributed by atoms with van der Waals surface area (Å²) in [6, 6.07) is 3.94. The lowest BCUT2D eigenvalue weighted by molar-refractivity contribution is -0.131. The Morgan fingerprint density at radius 2 is 2.21 bits per heavy atom. The number of unbranched alkanes of at least 4 members (excludes halogenated alkanes) is 1. The predicted octanol–water partition coefficient (Wildman–Crippen LogP) is 2.44. The fourth-order valence-electron chi connectivity index (χ4n) is 1.74. The van der Waals surface area contributed by atoms with Crippen LogP contribution in [0.2, 0.25) is 0 Å². The summed E-state index contributed by atoms with van der Waals surface area (Å²) in [5, 5.41) is 17.6. The first kappa shape index (κ1) is 15.9. The van der Waals surface area contributed by atoms with Crippen LogP contribution in [0.3, 0.4) is 0 Å². The maximum atomic E-state index is 10.4. The second-order valence-electron chi connectivity index (χ2n) is 4.33. The van der Waals surface area contributed by atoms with Crippen LogP contribution in [-0.4, -0.2) is 40.8 Å². The highest BCUT2D eigenvalue weighted by molar-refractivity contribution is 7.12. The maximum Gasteiger partial charge on any atom is 0.328 e. The second-order valence-corrected chi connectivity index (χ2v) is 5.53. The molecule has 0 aliphatic rings. The zero-order chi connectivity index (χ0) is 14.1. The molecule has 1 aromatic rings. The Balaban J connectivity index is 2.56. The molecular formula is C14H21NO3S. The highest BCUT2D eigenvalue weighted by Crippen LogP contribution is 2.19. The molecule has 0 fully saturated rings. The Bertz CT molecular complexity index is 415. The molecule has 1 rings (SSSR count). The minimum atomic E-state index is -0.931. The van der Waals surface area contributed by atoms with Crippen molar-refractivity contribution in [3.8, 4) is 0 Å². The lowest BCUT2D eigenvalue weighted by Crippen LogP contribution is -2.27. The number of rotatable bonds is 9. The Hall–Kier alpha value is -1.17. The molecule has 0 saturated heterocycles. The quantitative estimate of drug-likeness (QED) is 0.683. The Morgan fingerprint density at radius 1 is 1.42 bits per heavy atom. The van der Waals surface area contributed by atoms with Gasteiger partial charge in [0.25, 0.3) is 0 Å². The van der Waals surface area contributed by atoms with E-state index in [1.165, 1.54) is 4.88 Å². The summed E-state index contributed by atoms with van der Waals surface area (Å²) < 4.78 is 0. The van der Waals surface area contributed by atoms with Crippen LogP contribution in [0.5, 0.6) is 0 Å². The zero-order valence-electron chi connectivity index (χ0n) is 11.2. The van der Waals surface area contributed by atoms with Crippen LogP contribution < -0.4 is 0 Å². The molecule has 5 heteroatoms. The van der Waals surface area contributed by atoms with Gasteiger partial charge in [0.15, 0.2) is 0 Å². The monoisotopic (exact) mass is 283 g/mol. The fraction of sp³-hybridized carbons (Fsp3) is 0.500. The highest BCUT2D eigenvalue weighted by atomic mass is 32.1. The van der Waals surface area contributed by atoms with E-state index < -0.39 is 5.97 Å². The van der Waals surface area contributed by atoms with Crippen molar-refractivity contribution in [3.63, 3.8) is 0 Å². The van der Waals surface area contributed by atoms with Crippen molar-refractivity contribution in [2.45, 2.75) is 26.3 Å². The van der Waals surface area contributed by atoms with Crippen LogP contribution in [0.15, 0.2) is 18.2 Å². The van der Waals surface area contributed by atoms with Gasteiger partial charge in [-0.15, -0.1) is 11.3 Å². The molecule has 0 aromatic carbocycles. The topological polar surface area (TPSA) is 60.8 Å². The first-order valence-electron chi connectivity index (χ1n) is 6.48. The predicted molar refractivity (Wildman–Crippen MR) is 78.3 cm³/mol. The summed E-state index contributed by atoms with van der Waals surface area (Å²) in [5.41, 5.74) is 0. The van der Waals surface area contributed by atoms with Gasteiger partial charge in [-0.1, -0.05) is 13.3 Å². The molecule has 0 spiro atoms. The van der Waals surface area contributed by atoms with E-state index in [1.807, 2.05) is 12.1 Å². The molecular weight excluding hydrogens is 262 g/mol. The van der Waals surface area contributed by atoms with E-state index in [9.17, 15) is 4.79 Å². The minimum Gasteiger partial charge on any atom is -0.478 e. The smallest absolute Gasteiger partial charge is 0.328 e. The lowest BCUT2D eigenvalue weighted by atomic mass is 10.3. The summed E-state index contributed by atoms with van der Waals surface area (Å²) in [5.74, 6) is -0.931. The molecule has 0 atom stereocenters. The SMILES string of the molecule is CCCCN(CCO)Cc1ccc(C=CC(=O)O)s1. The molecule has 19 heavy (non-hydrogen) atoms. The van der Waals surface area contributed by atoms with Crippen molar-refractivity contribution in [2.75, 3.05) is 19.7 Å². The molecule has 106 valence electrons. The third kappa shape index (κ3) is 6.52. The van der Waals surface area contributed by atoms with Crippen molar-refractivity contribution in [1.82, 2.24) is 4.90 Å². The summed E-state index contributed by atoms with van der Waals surface area (Å²) in [4.78, 5) is 14.8. The number of carbonyl (C=O) groups is 1. The molecule has 0 unspecified atom stereocenters. The first-order valence-corrected chi connectivity index (χ1v) is 7.30. The van der Waals surface area contributed by atoms with Crippen molar-refractivity contribution < 1.29 is 15.0 Å². The number of hydrogen-bond donors (Lipinski definition) is 2. The van der Waals surface area contributed by atoms with Gasteiger partial charge in [-0.05, 0) is 31.2 Å². The van der Waals surface area contributed by atoms with Crippen LogP contribution >= 0.6 is 11.3 Å². The van der Waals surface area contributed by atoms with Crippen LogP contribution in [0.25, 0.3) is 6.08 Å². The number of hydrogen-bond acceptors (Lipinski definition) is 4. The number of thiophene rings is 1. The van der Waals surface area contributed by atoms with Gasteiger partial charge >= 0.3 is 5.97 Å². The number of aliphatic hydroxyl groups excluding tert-OH is 1. The molecule has 4 nitrogen and oxygen atoms in total. The van der Waals surface area contributed by atoms with Crippen LogP contribution in [0, 0.1) is 0 Å². The van der Waals surface area contributed by atoms with E-state index in [0.29, 0.717) is 6.54 Å². The lowest BCUT2D eigenvalue weighted by Gasteiger charge is -2.19. The largest absolute Gasteiger partial charge is 0.478 e. The van der Waals surface area contributed by atoms with Gasteiger partial charge in [-0.3, -0.25) is 4.90 Å². The average molecular weight is 283 g/mol. The van der Waals surface area contributed by atoms with Gasteiger partial charge in [-0.2, -0.15) is 0 Å². The highest BCUT2D eigenvalue weighted by Gasteiger charge is 2.06. The van der Waals surface area contributed by atoms with Gasteiger partial charge in [0, 0.05) is 28.9 Å². The molecule has 1 aromatic heterocycles. The molecule has 0 amide bonds. The molecule has 0 aliphatic carbocycles. The van der Waals surface area contributed by atoms with Gasteiger partial charge in [0.05, 0.1) is 6.61 Å². The van der Waals surface area contributed by atoms with Crippen LogP contribution in [0.4, 0.5) is 0 Å². The van der Waals surface area contributed by atoms with Crippen LogP contribution in [0.1, 0.15) is 29.5 Å². The van der Waals surface area contributed by atoms with Gasteiger partial charge in [0.2, 0.25) is 0 Å². The Morgan fingerprint density at radius 3 is 2.84 bits per heavy atom. The standard InChI is InChI=1S/C14H21NO3S/c1-2-3-8-15(9-10-16)11-13-5-4-12(19-13)6-7-14(17)18/h4-7,16H,2-3,8-11H2,1H3,(H,17,18). The minimum absolute atomic E-state index is 0.168. The number of carboxylic acids is 1. The number of nitrogens with zero attached hydrogens (tertiary/aromatic N) is 1. The van der Waals surface area contributed by atoms with Gasteiger partial charge < -0.3 is 10.2 Å². The van der Waals surface area contributed by atoms with Crippen LogP contribution in [-0.2, 0) is 11.3 Å². The normalized spacial score (nSPS) is 11.5. The molecule has 0 bridgehead atoms. The van der Waals surface area contributed by atoms with Crippen molar-refractivity contribution in [3.05, 3.63) is 28.0 Å². The molecule has 0 radical (unpaired) electrons. The second kappa shape index (κ2) is 8.85. The van der Waals surface area contributed by atoms with E-state index in [2.05, 4.69) is 11.8 Å². The van der Waals surface area contributed by atoms with E-state index >= 15 is 0 Å². The summed E-state index contributed by atoms with van der Waals surface area (Å²) in [6.45, 7) is 4.79. The van der Waals surface area contributed by atoms with Crippen molar-refractivity contribution in [2.24, 2.45) is 0 Å². The van der Waals surface area contributed by atoms with Gasteiger partial charge in [-0.25, -0.2) is 4.79 Å².